The average molecular weight is 390 g/mol. The summed E-state index contributed by atoms with van der Waals surface area (Å²) in [4.78, 5) is 15.0. The van der Waals surface area contributed by atoms with E-state index < -0.39 is 5.97 Å². The summed E-state index contributed by atoms with van der Waals surface area (Å²) in [5, 5.41) is 11.8. The zero-order valence-electron chi connectivity index (χ0n) is 13.9. The van der Waals surface area contributed by atoms with Crippen LogP contribution in [0.2, 0.25) is 5.02 Å². The molecule has 0 aliphatic carbocycles. The normalized spacial score (nSPS) is 10.5. The minimum absolute atomic E-state index is 0.0555. The molecule has 0 aliphatic heterocycles. The highest BCUT2D eigenvalue weighted by Gasteiger charge is 2.10. The van der Waals surface area contributed by atoms with E-state index >= 15 is 0 Å². The molecule has 1 N–H and O–H groups in total. The van der Waals surface area contributed by atoms with Gasteiger partial charge in [0.15, 0.2) is 5.69 Å². The van der Waals surface area contributed by atoms with Crippen molar-refractivity contribution in [1.82, 2.24) is 4.98 Å². The molecular formula is C19H16ClNO4S. The summed E-state index contributed by atoms with van der Waals surface area (Å²) < 4.78 is 11.3. The number of hydrogen-bond donors (Lipinski definition) is 1. The molecule has 0 saturated carbocycles. The van der Waals surface area contributed by atoms with Crippen LogP contribution >= 0.6 is 22.9 Å². The van der Waals surface area contributed by atoms with Crippen LogP contribution in [0, 0.1) is 6.92 Å². The monoisotopic (exact) mass is 389 g/mol. The number of ether oxygens (including phenoxy) is 2. The van der Waals surface area contributed by atoms with E-state index in [-0.39, 0.29) is 5.69 Å². The van der Waals surface area contributed by atoms with E-state index in [1.54, 1.807) is 6.07 Å². The third kappa shape index (κ3) is 4.53. The highest BCUT2D eigenvalue weighted by Crippen LogP contribution is 2.26. The minimum Gasteiger partial charge on any atom is -0.490 e. The summed E-state index contributed by atoms with van der Waals surface area (Å²) in [7, 11) is 0. The van der Waals surface area contributed by atoms with Gasteiger partial charge in [-0.05, 0) is 55.0 Å². The minimum atomic E-state index is -1.02. The first-order valence-corrected chi connectivity index (χ1v) is 9.10. The van der Waals surface area contributed by atoms with Crippen molar-refractivity contribution >= 4 is 28.9 Å². The molecule has 0 aliphatic rings. The van der Waals surface area contributed by atoms with Crippen molar-refractivity contribution in [2.75, 3.05) is 13.2 Å². The maximum atomic E-state index is 10.9. The molecule has 0 bridgehead atoms. The Labute approximate surface area is 159 Å². The van der Waals surface area contributed by atoms with E-state index in [4.69, 9.17) is 26.2 Å². The fourth-order valence-electron chi connectivity index (χ4n) is 2.22. The maximum Gasteiger partial charge on any atom is 0.355 e. The highest BCUT2D eigenvalue weighted by atomic mass is 35.5. The van der Waals surface area contributed by atoms with Crippen LogP contribution in [0.5, 0.6) is 11.5 Å². The molecule has 3 aromatic rings. The zero-order chi connectivity index (χ0) is 18.5. The van der Waals surface area contributed by atoms with Gasteiger partial charge in [0.25, 0.3) is 0 Å². The summed E-state index contributed by atoms with van der Waals surface area (Å²) in [6.07, 6.45) is 0. The van der Waals surface area contributed by atoms with Crippen LogP contribution in [-0.4, -0.2) is 29.3 Å². The SMILES string of the molecule is Cc1cc(OCCOc2ccc(-c3nc(C(=O)O)cs3)cc2)ccc1Cl. The topological polar surface area (TPSA) is 68.7 Å². The zero-order valence-corrected chi connectivity index (χ0v) is 15.5. The van der Waals surface area contributed by atoms with Crippen molar-refractivity contribution in [3.63, 3.8) is 0 Å². The fourth-order valence-corrected chi connectivity index (χ4v) is 3.14. The Hall–Kier alpha value is -2.57. The van der Waals surface area contributed by atoms with E-state index in [9.17, 15) is 4.79 Å². The van der Waals surface area contributed by atoms with Crippen molar-refractivity contribution in [3.8, 4) is 22.1 Å². The van der Waals surface area contributed by atoms with Gasteiger partial charge < -0.3 is 14.6 Å². The molecule has 7 heteroatoms. The van der Waals surface area contributed by atoms with Crippen molar-refractivity contribution in [2.24, 2.45) is 0 Å². The predicted molar refractivity (Wildman–Crippen MR) is 102 cm³/mol. The Balaban J connectivity index is 1.51. The quantitative estimate of drug-likeness (QED) is 0.580. The van der Waals surface area contributed by atoms with Gasteiger partial charge in [-0.1, -0.05) is 11.6 Å². The lowest BCUT2D eigenvalue weighted by atomic mass is 10.2. The van der Waals surface area contributed by atoms with Crippen LogP contribution in [0.3, 0.4) is 0 Å². The highest BCUT2D eigenvalue weighted by molar-refractivity contribution is 7.13. The summed E-state index contributed by atoms with van der Waals surface area (Å²) in [6, 6.07) is 12.9. The lowest BCUT2D eigenvalue weighted by Crippen LogP contribution is -2.09. The molecule has 0 radical (unpaired) electrons. The maximum absolute atomic E-state index is 10.9. The van der Waals surface area contributed by atoms with Gasteiger partial charge in [-0.15, -0.1) is 11.3 Å². The smallest absolute Gasteiger partial charge is 0.355 e. The van der Waals surface area contributed by atoms with Gasteiger partial charge in [-0.2, -0.15) is 0 Å². The number of carboxylic acid groups (broad SMARTS) is 1. The first-order valence-electron chi connectivity index (χ1n) is 7.84. The standard InChI is InChI=1S/C19H16ClNO4S/c1-12-10-15(6-7-16(12)20)25-9-8-24-14-4-2-13(3-5-14)18-21-17(11-26-18)19(22)23/h2-7,10-11H,8-9H2,1H3,(H,22,23). The summed E-state index contributed by atoms with van der Waals surface area (Å²) in [6.45, 7) is 2.74. The van der Waals surface area contributed by atoms with E-state index in [0.717, 1.165) is 16.9 Å². The molecule has 0 atom stereocenters. The molecule has 1 aromatic heterocycles. The molecule has 3 rings (SSSR count). The number of carbonyl (C=O) groups is 1. The van der Waals surface area contributed by atoms with E-state index in [1.165, 1.54) is 16.7 Å². The second kappa shape index (κ2) is 8.21. The van der Waals surface area contributed by atoms with Crippen molar-refractivity contribution in [3.05, 3.63) is 64.1 Å². The summed E-state index contributed by atoms with van der Waals surface area (Å²) in [5.41, 5.74) is 1.87. The number of aryl methyl sites for hydroxylation is 1. The number of nitrogens with zero attached hydrogens (tertiary/aromatic N) is 1. The largest absolute Gasteiger partial charge is 0.490 e. The Morgan fingerprint density at radius 2 is 1.77 bits per heavy atom. The van der Waals surface area contributed by atoms with Crippen molar-refractivity contribution < 1.29 is 19.4 Å². The number of benzene rings is 2. The average Bonchev–Trinajstić information content (AvgIpc) is 3.13. The summed E-state index contributed by atoms with van der Waals surface area (Å²) in [5.74, 6) is 0.437. The Kier molecular flexibility index (Phi) is 5.75. The molecule has 134 valence electrons. The summed E-state index contributed by atoms with van der Waals surface area (Å²) >= 11 is 7.28. The van der Waals surface area contributed by atoms with Crippen LogP contribution in [0.15, 0.2) is 47.8 Å². The molecule has 0 saturated heterocycles. The first-order chi connectivity index (χ1) is 12.5. The molecule has 26 heavy (non-hydrogen) atoms. The third-order valence-electron chi connectivity index (χ3n) is 3.57. The number of aromatic nitrogens is 1. The molecule has 0 unspecified atom stereocenters. The van der Waals surface area contributed by atoms with Gasteiger partial charge in [0.05, 0.1) is 0 Å². The van der Waals surface area contributed by atoms with Crippen LogP contribution in [0.25, 0.3) is 10.6 Å². The number of rotatable bonds is 7. The fraction of sp³-hybridized carbons (Fsp3) is 0.158. The van der Waals surface area contributed by atoms with E-state index in [1.807, 2.05) is 43.3 Å². The lowest BCUT2D eigenvalue weighted by Gasteiger charge is -2.09. The molecule has 5 nitrogen and oxygen atoms in total. The van der Waals surface area contributed by atoms with Crippen molar-refractivity contribution in [2.45, 2.75) is 6.92 Å². The molecule has 0 fully saturated rings. The van der Waals surface area contributed by atoms with Gasteiger partial charge in [-0.3, -0.25) is 0 Å². The van der Waals surface area contributed by atoms with Gasteiger partial charge in [-0.25, -0.2) is 9.78 Å². The van der Waals surface area contributed by atoms with Crippen molar-refractivity contribution in [1.29, 1.82) is 0 Å². The van der Waals surface area contributed by atoms with Gasteiger partial charge in [0, 0.05) is 16.0 Å². The molecule has 0 spiro atoms. The van der Waals surface area contributed by atoms with Crippen LogP contribution in [0.1, 0.15) is 16.1 Å². The molecule has 1 heterocycles. The Morgan fingerprint density at radius 3 is 2.38 bits per heavy atom. The molecule has 0 amide bonds. The van der Waals surface area contributed by atoms with Crippen LogP contribution in [0.4, 0.5) is 0 Å². The molecule has 2 aromatic carbocycles. The second-order valence-electron chi connectivity index (χ2n) is 5.48. The number of hydrogen-bond acceptors (Lipinski definition) is 5. The van der Waals surface area contributed by atoms with Gasteiger partial charge in [0.1, 0.15) is 29.7 Å². The van der Waals surface area contributed by atoms with Crippen LogP contribution in [-0.2, 0) is 0 Å². The number of carboxylic acids is 1. The number of thiazole rings is 1. The Morgan fingerprint density at radius 1 is 1.12 bits per heavy atom. The van der Waals surface area contributed by atoms with Crippen LogP contribution < -0.4 is 9.47 Å². The Bertz CT molecular complexity index is 908. The van der Waals surface area contributed by atoms with Gasteiger partial charge in [0.2, 0.25) is 0 Å². The number of aromatic carboxylic acids is 1. The third-order valence-corrected chi connectivity index (χ3v) is 4.89. The first kappa shape index (κ1) is 18.2. The van der Waals surface area contributed by atoms with Gasteiger partial charge >= 0.3 is 5.97 Å². The second-order valence-corrected chi connectivity index (χ2v) is 6.74. The van der Waals surface area contributed by atoms with E-state index in [2.05, 4.69) is 4.98 Å². The van der Waals surface area contributed by atoms with E-state index in [0.29, 0.717) is 29.0 Å². The number of halogens is 1. The molecular weight excluding hydrogens is 374 g/mol. The predicted octanol–water partition coefficient (Wildman–Crippen LogP) is 4.93. The lowest BCUT2D eigenvalue weighted by molar-refractivity contribution is 0.0691.